The number of anilines is 1. The Hall–Kier alpha value is -4.59. The van der Waals surface area contributed by atoms with E-state index in [0.717, 1.165) is 54.9 Å². The minimum Gasteiger partial charge on any atom is -0.497 e. The molecule has 226 valence electrons. The maximum absolute atomic E-state index is 14.5. The maximum Gasteiger partial charge on any atom is 0.251 e. The van der Waals surface area contributed by atoms with Crippen LogP contribution in [0, 0.1) is 11.8 Å². The van der Waals surface area contributed by atoms with Gasteiger partial charge in [0.05, 0.1) is 25.1 Å². The van der Waals surface area contributed by atoms with Crippen molar-refractivity contribution in [3.63, 3.8) is 0 Å². The summed E-state index contributed by atoms with van der Waals surface area (Å²) < 4.78 is 7.55. The van der Waals surface area contributed by atoms with Crippen molar-refractivity contribution in [2.24, 2.45) is 11.8 Å². The second-order valence-electron chi connectivity index (χ2n) is 12.2. The molecule has 44 heavy (non-hydrogen) atoms. The molecule has 2 aliphatic heterocycles. The topological polar surface area (TPSA) is 88.5 Å². The Morgan fingerprint density at radius 2 is 1.73 bits per heavy atom. The number of nitrogens with one attached hydrogen (secondary N) is 2. The Bertz CT molecular complexity index is 1620. The van der Waals surface area contributed by atoms with Gasteiger partial charge in [-0.1, -0.05) is 61.4 Å². The zero-order valence-electron chi connectivity index (χ0n) is 25.1. The molecule has 2 amide bonds. The molecule has 2 N–H and O–H groups in total. The number of fused-ring (bicyclic) bond motifs is 3. The van der Waals surface area contributed by atoms with Gasteiger partial charge in [-0.3, -0.25) is 9.59 Å². The van der Waals surface area contributed by atoms with Gasteiger partial charge in [-0.05, 0) is 60.7 Å². The van der Waals surface area contributed by atoms with Gasteiger partial charge in [-0.25, -0.2) is 4.98 Å². The van der Waals surface area contributed by atoms with Crippen LogP contribution in [0.3, 0.4) is 0 Å². The number of carbonyl (C=O) groups excluding carboxylic acids is 2. The fraction of sp³-hybridized carbons (Fsp3) is 0.361. The lowest BCUT2D eigenvalue weighted by Crippen LogP contribution is -2.50. The molecule has 0 unspecified atom stereocenters. The van der Waals surface area contributed by atoms with E-state index in [9.17, 15) is 9.59 Å². The molecule has 0 bridgehead atoms. The van der Waals surface area contributed by atoms with E-state index >= 15 is 0 Å². The highest BCUT2D eigenvalue weighted by Gasteiger charge is 2.49. The number of amides is 2. The summed E-state index contributed by atoms with van der Waals surface area (Å²) in [7, 11) is 1.68. The van der Waals surface area contributed by atoms with E-state index in [2.05, 4.69) is 50.4 Å². The van der Waals surface area contributed by atoms with Crippen molar-refractivity contribution in [2.75, 3.05) is 19.0 Å². The first-order chi connectivity index (χ1) is 21.6. The second-order valence-corrected chi connectivity index (χ2v) is 12.2. The number of likely N-dealkylation sites (tertiary alicyclic amines) is 1. The SMILES string of the molecule is COc1ccc(Cn2ccnc2[C@H]2Nc3ccccc3[C@@H]3[C@H]2CCN3C(=O)[C@H]2CCCC[C@H]2NC(=O)c2ccccc2)cc1. The normalized spacial score (nSPS) is 24.1. The summed E-state index contributed by atoms with van der Waals surface area (Å²) in [6.45, 7) is 1.39. The third-order valence-electron chi connectivity index (χ3n) is 9.72. The smallest absolute Gasteiger partial charge is 0.251 e. The number of hydrogen-bond donors (Lipinski definition) is 2. The monoisotopic (exact) mass is 589 g/mol. The molecule has 1 saturated carbocycles. The van der Waals surface area contributed by atoms with Crippen LogP contribution in [0.1, 0.15) is 71.5 Å². The lowest BCUT2D eigenvalue weighted by atomic mass is 9.80. The Labute approximate surface area is 258 Å². The number of carbonyl (C=O) groups is 2. The number of imidazole rings is 1. The van der Waals surface area contributed by atoms with Gasteiger partial charge in [0.1, 0.15) is 11.6 Å². The molecule has 0 radical (unpaired) electrons. The van der Waals surface area contributed by atoms with E-state index in [1.165, 1.54) is 5.56 Å². The number of nitrogens with zero attached hydrogens (tertiary/aromatic N) is 3. The first-order valence-electron chi connectivity index (χ1n) is 15.8. The van der Waals surface area contributed by atoms with E-state index < -0.39 is 0 Å². The van der Waals surface area contributed by atoms with Crippen LogP contribution in [-0.2, 0) is 11.3 Å². The summed E-state index contributed by atoms with van der Waals surface area (Å²) in [5, 5.41) is 7.04. The molecule has 2 fully saturated rings. The van der Waals surface area contributed by atoms with Crippen LogP contribution in [-0.4, -0.2) is 46.0 Å². The van der Waals surface area contributed by atoms with Crippen LogP contribution in [0.15, 0.2) is 91.3 Å². The van der Waals surface area contributed by atoms with Gasteiger partial charge in [-0.15, -0.1) is 0 Å². The molecule has 3 heterocycles. The largest absolute Gasteiger partial charge is 0.497 e. The first-order valence-corrected chi connectivity index (χ1v) is 15.8. The third kappa shape index (κ3) is 5.34. The van der Waals surface area contributed by atoms with Gasteiger partial charge in [0.15, 0.2) is 0 Å². The van der Waals surface area contributed by atoms with Crippen molar-refractivity contribution in [3.05, 3.63) is 114 Å². The molecule has 7 rings (SSSR count). The molecule has 1 aliphatic carbocycles. The molecule has 4 aromatic rings. The maximum atomic E-state index is 14.5. The van der Waals surface area contributed by atoms with Crippen molar-refractivity contribution in [2.45, 2.75) is 56.8 Å². The fourth-order valence-corrected chi connectivity index (χ4v) is 7.54. The minimum absolute atomic E-state index is 0.0408. The van der Waals surface area contributed by atoms with Crippen LogP contribution < -0.4 is 15.4 Å². The summed E-state index contributed by atoms with van der Waals surface area (Å²) in [5.41, 5.74) is 4.01. The first kappa shape index (κ1) is 28.2. The number of rotatable bonds is 7. The van der Waals surface area contributed by atoms with E-state index in [0.29, 0.717) is 18.7 Å². The lowest BCUT2D eigenvalue weighted by molar-refractivity contribution is -0.138. The van der Waals surface area contributed by atoms with Gasteiger partial charge in [0, 0.05) is 48.7 Å². The van der Waals surface area contributed by atoms with E-state index in [1.54, 1.807) is 7.11 Å². The molecular weight excluding hydrogens is 550 g/mol. The summed E-state index contributed by atoms with van der Waals surface area (Å²) in [6, 6.07) is 25.5. The number of ether oxygens (including phenoxy) is 1. The van der Waals surface area contributed by atoms with Crippen molar-refractivity contribution < 1.29 is 14.3 Å². The second kappa shape index (κ2) is 12.2. The van der Waals surface area contributed by atoms with Gasteiger partial charge < -0.3 is 24.8 Å². The van der Waals surface area contributed by atoms with Crippen LogP contribution in [0.2, 0.25) is 0 Å². The molecule has 1 aromatic heterocycles. The Morgan fingerprint density at radius 3 is 2.55 bits per heavy atom. The van der Waals surface area contributed by atoms with Gasteiger partial charge in [0.25, 0.3) is 5.91 Å². The van der Waals surface area contributed by atoms with Crippen molar-refractivity contribution in [1.82, 2.24) is 19.8 Å². The van der Waals surface area contributed by atoms with E-state index in [-0.39, 0.29) is 41.8 Å². The molecular formula is C36H39N5O3. The number of methoxy groups -OCH3 is 1. The van der Waals surface area contributed by atoms with Crippen molar-refractivity contribution in [1.29, 1.82) is 0 Å². The third-order valence-corrected chi connectivity index (χ3v) is 9.72. The van der Waals surface area contributed by atoms with Crippen LogP contribution >= 0.6 is 0 Å². The van der Waals surface area contributed by atoms with Gasteiger partial charge in [0.2, 0.25) is 5.91 Å². The lowest BCUT2D eigenvalue weighted by Gasteiger charge is -2.41. The van der Waals surface area contributed by atoms with Gasteiger partial charge in [-0.2, -0.15) is 0 Å². The molecule has 3 aliphatic rings. The average molecular weight is 590 g/mol. The Kier molecular flexibility index (Phi) is 7.81. The number of benzene rings is 3. The molecule has 1 saturated heterocycles. The standard InChI is InChI=1S/C36H39N5O3/c1-44-26-17-15-24(16-18-26)23-40-22-20-37-34(40)32-29-19-21-41(33(29)27-11-5-7-13-30(27)38-32)36(43)28-12-6-8-14-31(28)39-35(42)25-9-3-2-4-10-25/h2-5,7,9-11,13,15-18,20,22,28-29,31-33,38H,6,8,12,14,19,21,23H2,1H3,(H,39,42)/t28-,29-,31+,32-,33+/m0/s1. The summed E-state index contributed by atoms with van der Waals surface area (Å²) in [4.78, 5) is 34.6. The minimum atomic E-state index is -0.229. The van der Waals surface area contributed by atoms with Crippen LogP contribution in [0.25, 0.3) is 0 Å². The zero-order chi connectivity index (χ0) is 30.0. The fourth-order valence-electron chi connectivity index (χ4n) is 7.54. The quantitative estimate of drug-likeness (QED) is 0.277. The summed E-state index contributed by atoms with van der Waals surface area (Å²) in [5.74, 6) is 1.81. The highest BCUT2D eigenvalue weighted by molar-refractivity contribution is 5.95. The van der Waals surface area contributed by atoms with Crippen LogP contribution in [0.4, 0.5) is 5.69 Å². The number of hydrogen-bond acceptors (Lipinski definition) is 5. The summed E-state index contributed by atoms with van der Waals surface area (Å²) >= 11 is 0. The molecule has 5 atom stereocenters. The molecule has 3 aromatic carbocycles. The molecule has 0 spiro atoms. The van der Waals surface area contributed by atoms with E-state index in [4.69, 9.17) is 9.72 Å². The number of para-hydroxylation sites is 1. The predicted molar refractivity (Wildman–Crippen MR) is 169 cm³/mol. The van der Waals surface area contributed by atoms with E-state index in [1.807, 2.05) is 60.9 Å². The zero-order valence-corrected chi connectivity index (χ0v) is 25.1. The molecule has 8 nitrogen and oxygen atoms in total. The highest BCUT2D eigenvalue weighted by Crippen LogP contribution is 2.51. The van der Waals surface area contributed by atoms with Gasteiger partial charge >= 0.3 is 0 Å². The Balaban J connectivity index is 1.15. The van der Waals surface area contributed by atoms with Crippen LogP contribution in [0.5, 0.6) is 5.75 Å². The number of aromatic nitrogens is 2. The van der Waals surface area contributed by atoms with Crippen molar-refractivity contribution >= 4 is 17.5 Å². The van der Waals surface area contributed by atoms with Crippen molar-refractivity contribution in [3.8, 4) is 5.75 Å². The predicted octanol–water partition coefficient (Wildman–Crippen LogP) is 5.99. The molecule has 8 heteroatoms. The average Bonchev–Trinajstić information content (AvgIpc) is 3.73. The highest BCUT2D eigenvalue weighted by atomic mass is 16.5. The summed E-state index contributed by atoms with van der Waals surface area (Å²) in [6.07, 6.45) is 8.42. The Morgan fingerprint density at radius 1 is 0.955 bits per heavy atom.